The number of carbonyl (C=O) groups excluding carboxylic acids is 1. The van der Waals surface area contributed by atoms with Gasteiger partial charge in [0.1, 0.15) is 5.82 Å². The molecule has 18 heavy (non-hydrogen) atoms. The molecule has 0 bridgehead atoms. The highest BCUT2D eigenvalue weighted by molar-refractivity contribution is 7.09. The highest BCUT2D eigenvalue weighted by Crippen LogP contribution is 2.40. The maximum atomic E-state index is 11.8. The Morgan fingerprint density at radius 3 is 2.78 bits per heavy atom. The van der Waals surface area contributed by atoms with Crippen LogP contribution in [0.1, 0.15) is 38.4 Å². The van der Waals surface area contributed by atoms with E-state index in [0.717, 1.165) is 24.0 Å². The average Bonchev–Trinajstić information content (AvgIpc) is 2.96. The highest BCUT2D eigenvalue weighted by Gasteiger charge is 2.36. The number of nitrogens with one attached hydrogen (secondary N) is 1. The largest absolute Gasteiger partial charge is 0.354 e. The molecule has 98 valence electrons. The van der Waals surface area contributed by atoms with Gasteiger partial charge in [-0.2, -0.15) is 4.37 Å². The van der Waals surface area contributed by atoms with Gasteiger partial charge in [-0.1, -0.05) is 0 Å². The summed E-state index contributed by atoms with van der Waals surface area (Å²) in [6.45, 7) is 5.53. The Balaban J connectivity index is 1.53. The predicted octanol–water partition coefficient (Wildman–Crippen LogP) is 1.38. The summed E-state index contributed by atoms with van der Waals surface area (Å²) in [7, 11) is 0. The monoisotopic (exact) mass is 266 g/mol. The normalized spacial score (nSPS) is 20.1. The summed E-state index contributed by atoms with van der Waals surface area (Å²) in [4.78, 5) is 18.5. The molecule has 3 rings (SSSR count). The number of hydrogen-bond donors (Lipinski definition) is 1. The lowest BCUT2D eigenvalue weighted by Crippen LogP contribution is -2.54. The molecule has 1 amide bonds. The zero-order chi connectivity index (χ0) is 12.7. The van der Waals surface area contributed by atoms with Crippen LogP contribution in [0.5, 0.6) is 0 Å². The van der Waals surface area contributed by atoms with Gasteiger partial charge in [0, 0.05) is 36.6 Å². The van der Waals surface area contributed by atoms with Crippen LogP contribution in [0.15, 0.2) is 0 Å². The summed E-state index contributed by atoms with van der Waals surface area (Å²) in [6.07, 6.45) is 2.46. The van der Waals surface area contributed by atoms with Crippen LogP contribution in [0.4, 0.5) is 5.13 Å². The first-order chi connectivity index (χ1) is 8.63. The number of amides is 1. The maximum Gasteiger partial charge on any atom is 0.226 e. The van der Waals surface area contributed by atoms with E-state index in [1.807, 2.05) is 13.8 Å². The standard InChI is InChI=1S/C12H18N4OS/c1-7(2)13-11(17)9-5-16(6-9)12-14-10(15-18-12)8-3-4-8/h7-9H,3-6H2,1-2H3,(H,13,17). The summed E-state index contributed by atoms with van der Waals surface area (Å²) >= 11 is 1.46. The number of nitrogens with zero attached hydrogens (tertiary/aromatic N) is 3. The fourth-order valence-electron chi connectivity index (χ4n) is 2.07. The number of carbonyl (C=O) groups is 1. The van der Waals surface area contributed by atoms with Crippen molar-refractivity contribution in [1.29, 1.82) is 0 Å². The fraction of sp³-hybridized carbons (Fsp3) is 0.750. The van der Waals surface area contributed by atoms with Crippen LogP contribution in [0.25, 0.3) is 0 Å². The molecule has 1 aliphatic carbocycles. The van der Waals surface area contributed by atoms with Crippen LogP contribution >= 0.6 is 11.5 Å². The third-order valence-electron chi connectivity index (χ3n) is 3.33. The average molecular weight is 266 g/mol. The SMILES string of the molecule is CC(C)NC(=O)C1CN(c2nc(C3CC3)ns2)C1. The van der Waals surface area contributed by atoms with Gasteiger partial charge in [-0.3, -0.25) is 4.79 Å². The van der Waals surface area contributed by atoms with E-state index in [0.29, 0.717) is 5.92 Å². The van der Waals surface area contributed by atoms with Crippen molar-refractivity contribution in [2.75, 3.05) is 18.0 Å². The summed E-state index contributed by atoms with van der Waals surface area (Å²) < 4.78 is 4.39. The molecule has 0 aromatic carbocycles. The third-order valence-corrected chi connectivity index (χ3v) is 4.12. The van der Waals surface area contributed by atoms with E-state index in [2.05, 4.69) is 19.6 Å². The summed E-state index contributed by atoms with van der Waals surface area (Å²) in [6, 6.07) is 0.217. The Kier molecular flexibility index (Phi) is 2.97. The maximum absolute atomic E-state index is 11.8. The van der Waals surface area contributed by atoms with E-state index in [4.69, 9.17) is 0 Å². The zero-order valence-corrected chi connectivity index (χ0v) is 11.5. The van der Waals surface area contributed by atoms with Crippen molar-refractivity contribution in [2.24, 2.45) is 5.92 Å². The van der Waals surface area contributed by atoms with Crippen LogP contribution in [0.3, 0.4) is 0 Å². The number of hydrogen-bond acceptors (Lipinski definition) is 5. The molecule has 2 aliphatic rings. The van der Waals surface area contributed by atoms with Gasteiger partial charge in [0.2, 0.25) is 11.0 Å². The molecule has 1 aromatic rings. The first-order valence-electron chi connectivity index (χ1n) is 6.52. The Labute approximate surface area is 111 Å². The van der Waals surface area contributed by atoms with Crippen LogP contribution < -0.4 is 10.2 Å². The van der Waals surface area contributed by atoms with Crippen LogP contribution in [0, 0.1) is 5.92 Å². The Bertz CT molecular complexity index is 449. The van der Waals surface area contributed by atoms with Gasteiger partial charge >= 0.3 is 0 Å². The molecule has 0 spiro atoms. The molecular formula is C12H18N4OS. The van der Waals surface area contributed by atoms with Gasteiger partial charge in [-0.05, 0) is 26.7 Å². The molecule has 0 unspecified atom stereocenters. The molecule has 0 radical (unpaired) electrons. The quantitative estimate of drug-likeness (QED) is 0.894. The first-order valence-corrected chi connectivity index (χ1v) is 7.29. The molecule has 1 aromatic heterocycles. The number of rotatable bonds is 4. The van der Waals surface area contributed by atoms with Crippen LogP contribution in [-0.2, 0) is 4.79 Å². The van der Waals surface area contributed by atoms with E-state index in [-0.39, 0.29) is 17.9 Å². The predicted molar refractivity (Wildman–Crippen MR) is 70.9 cm³/mol. The number of aromatic nitrogens is 2. The lowest BCUT2D eigenvalue weighted by molar-refractivity contribution is -0.126. The third kappa shape index (κ3) is 2.34. The van der Waals surface area contributed by atoms with Crippen molar-refractivity contribution in [3.05, 3.63) is 5.82 Å². The molecule has 1 saturated carbocycles. The fourth-order valence-corrected chi connectivity index (χ4v) is 2.83. The zero-order valence-electron chi connectivity index (χ0n) is 10.7. The lowest BCUT2D eigenvalue weighted by Gasteiger charge is -2.38. The van der Waals surface area contributed by atoms with Gasteiger partial charge < -0.3 is 10.2 Å². The second kappa shape index (κ2) is 4.50. The van der Waals surface area contributed by atoms with Crippen molar-refractivity contribution in [3.63, 3.8) is 0 Å². The van der Waals surface area contributed by atoms with Gasteiger partial charge in [0.15, 0.2) is 0 Å². The summed E-state index contributed by atoms with van der Waals surface area (Å²) in [5, 5.41) is 3.93. The molecule has 2 fully saturated rings. The number of anilines is 1. The van der Waals surface area contributed by atoms with E-state index in [9.17, 15) is 4.79 Å². The second-order valence-corrected chi connectivity index (χ2v) is 6.20. The van der Waals surface area contributed by atoms with E-state index < -0.39 is 0 Å². The second-order valence-electron chi connectivity index (χ2n) is 5.47. The van der Waals surface area contributed by atoms with E-state index in [1.165, 1.54) is 24.4 Å². The molecule has 1 aliphatic heterocycles. The van der Waals surface area contributed by atoms with E-state index >= 15 is 0 Å². The van der Waals surface area contributed by atoms with E-state index in [1.54, 1.807) is 0 Å². The van der Waals surface area contributed by atoms with Gasteiger partial charge in [-0.25, -0.2) is 4.98 Å². The smallest absolute Gasteiger partial charge is 0.226 e. The van der Waals surface area contributed by atoms with Gasteiger partial charge in [0.05, 0.1) is 5.92 Å². The Hall–Kier alpha value is -1.17. The van der Waals surface area contributed by atoms with Gasteiger partial charge in [-0.15, -0.1) is 0 Å². The molecule has 1 saturated heterocycles. The summed E-state index contributed by atoms with van der Waals surface area (Å²) in [5.74, 6) is 1.88. The van der Waals surface area contributed by atoms with Crippen LogP contribution in [-0.4, -0.2) is 34.4 Å². The van der Waals surface area contributed by atoms with Crippen molar-refractivity contribution in [1.82, 2.24) is 14.7 Å². The highest BCUT2D eigenvalue weighted by atomic mass is 32.1. The Morgan fingerprint density at radius 1 is 1.44 bits per heavy atom. The minimum absolute atomic E-state index is 0.112. The minimum atomic E-state index is 0.112. The van der Waals surface area contributed by atoms with Crippen molar-refractivity contribution in [3.8, 4) is 0 Å². The molecule has 0 atom stereocenters. The molecule has 5 nitrogen and oxygen atoms in total. The summed E-state index contributed by atoms with van der Waals surface area (Å²) in [5.41, 5.74) is 0. The first kappa shape index (κ1) is 11.9. The van der Waals surface area contributed by atoms with Crippen molar-refractivity contribution < 1.29 is 4.79 Å². The molecule has 2 heterocycles. The molecule has 1 N–H and O–H groups in total. The molecular weight excluding hydrogens is 248 g/mol. The molecule has 6 heteroatoms. The topological polar surface area (TPSA) is 58.1 Å². The van der Waals surface area contributed by atoms with Gasteiger partial charge in [0.25, 0.3) is 0 Å². The Morgan fingerprint density at radius 2 is 2.17 bits per heavy atom. The van der Waals surface area contributed by atoms with Crippen molar-refractivity contribution >= 4 is 22.6 Å². The van der Waals surface area contributed by atoms with Crippen molar-refractivity contribution in [2.45, 2.75) is 38.6 Å². The lowest BCUT2D eigenvalue weighted by atomic mass is 10.00. The van der Waals surface area contributed by atoms with Crippen LogP contribution in [0.2, 0.25) is 0 Å². The minimum Gasteiger partial charge on any atom is -0.354 e.